The number of carbonyl (C=O) groups excluding carboxylic acids is 1. The number of aromatic nitrogens is 3. The Bertz CT molecular complexity index is 1060. The van der Waals surface area contributed by atoms with Crippen LogP contribution in [0.5, 0.6) is 0 Å². The van der Waals surface area contributed by atoms with Gasteiger partial charge >= 0.3 is 0 Å². The van der Waals surface area contributed by atoms with Gasteiger partial charge in [-0.15, -0.1) is 10.2 Å². The van der Waals surface area contributed by atoms with Gasteiger partial charge in [0.05, 0.1) is 17.1 Å². The van der Waals surface area contributed by atoms with Crippen molar-refractivity contribution >= 4 is 40.6 Å². The lowest BCUT2D eigenvalue weighted by atomic mass is 10.2. The van der Waals surface area contributed by atoms with Gasteiger partial charge in [-0.1, -0.05) is 48.0 Å². The molecule has 3 aromatic rings. The van der Waals surface area contributed by atoms with Crippen molar-refractivity contribution in [2.75, 3.05) is 48.7 Å². The van der Waals surface area contributed by atoms with Crippen LogP contribution in [0.4, 0.5) is 11.4 Å². The van der Waals surface area contributed by atoms with Gasteiger partial charge in [-0.25, -0.2) is 0 Å². The summed E-state index contributed by atoms with van der Waals surface area (Å²) < 4.78 is 1.88. The second-order valence-electron chi connectivity index (χ2n) is 7.74. The van der Waals surface area contributed by atoms with Crippen LogP contribution in [-0.2, 0) is 4.79 Å². The van der Waals surface area contributed by atoms with E-state index in [0.29, 0.717) is 10.2 Å². The van der Waals surface area contributed by atoms with E-state index < -0.39 is 0 Å². The lowest BCUT2D eigenvalue weighted by Gasteiger charge is -2.36. The third-order valence-corrected chi connectivity index (χ3v) is 6.73. The molecular formula is C23H27ClN6OS. The molecule has 0 aliphatic carbocycles. The highest BCUT2D eigenvalue weighted by Gasteiger charge is 2.20. The highest BCUT2D eigenvalue weighted by Crippen LogP contribution is 2.30. The zero-order valence-electron chi connectivity index (χ0n) is 18.3. The number of nitrogens with one attached hydrogen (secondary N) is 1. The summed E-state index contributed by atoms with van der Waals surface area (Å²) in [5, 5.41) is 12.5. The fraction of sp³-hybridized carbons (Fsp3) is 0.348. The molecular weight excluding hydrogens is 444 g/mol. The number of aryl methyl sites for hydroxylation is 1. The first kappa shape index (κ1) is 22.6. The smallest absolute Gasteiger partial charge is 0.234 e. The van der Waals surface area contributed by atoms with Crippen LogP contribution in [0, 0.1) is 6.92 Å². The largest absolute Gasteiger partial charge is 0.367 e. The molecule has 0 saturated carbocycles. The molecule has 2 heterocycles. The molecule has 4 rings (SSSR count). The molecule has 0 spiro atoms. The van der Waals surface area contributed by atoms with Crippen molar-refractivity contribution in [2.45, 2.75) is 19.0 Å². The number of halogens is 1. The molecule has 1 amide bonds. The Labute approximate surface area is 197 Å². The Kier molecular flexibility index (Phi) is 7.34. The maximum Gasteiger partial charge on any atom is 0.234 e. The van der Waals surface area contributed by atoms with Crippen LogP contribution in [-0.4, -0.2) is 64.0 Å². The number of piperazine rings is 1. The Morgan fingerprint density at radius 3 is 2.59 bits per heavy atom. The second-order valence-corrected chi connectivity index (χ2v) is 9.12. The molecule has 9 heteroatoms. The van der Waals surface area contributed by atoms with Crippen molar-refractivity contribution in [2.24, 2.45) is 0 Å². The third kappa shape index (κ3) is 5.43. The molecule has 1 fully saturated rings. The van der Waals surface area contributed by atoms with Crippen LogP contribution in [0.15, 0.2) is 53.9 Å². The zero-order chi connectivity index (χ0) is 22.5. The van der Waals surface area contributed by atoms with E-state index in [2.05, 4.69) is 32.2 Å². The minimum atomic E-state index is -0.107. The number of hydrogen-bond acceptors (Lipinski definition) is 6. The predicted octanol–water partition coefficient (Wildman–Crippen LogP) is 4.10. The van der Waals surface area contributed by atoms with E-state index in [-0.39, 0.29) is 11.7 Å². The van der Waals surface area contributed by atoms with Gasteiger partial charge in [0.25, 0.3) is 0 Å². The predicted molar refractivity (Wildman–Crippen MR) is 131 cm³/mol. The van der Waals surface area contributed by atoms with E-state index in [1.807, 2.05) is 54.0 Å². The average Bonchev–Trinajstić information content (AvgIpc) is 3.27. The summed E-state index contributed by atoms with van der Waals surface area (Å²) in [7, 11) is 0. The maximum atomic E-state index is 12.8. The molecule has 0 bridgehead atoms. The van der Waals surface area contributed by atoms with Gasteiger partial charge in [-0.2, -0.15) is 0 Å². The highest BCUT2D eigenvalue weighted by atomic mass is 35.5. The zero-order valence-corrected chi connectivity index (χ0v) is 19.9. The number of carbonyl (C=O) groups is 1. The summed E-state index contributed by atoms with van der Waals surface area (Å²) >= 11 is 7.59. The van der Waals surface area contributed by atoms with E-state index in [4.69, 9.17) is 11.6 Å². The van der Waals surface area contributed by atoms with Gasteiger partial charge in [-0.3, -0.25) is 9.36 Å². The molecule has 168 valence electrons. The topological polar surface area (TPSA) is 66.3 Å². The number of rotatable bonds is 7. The van der Waals surface area contributed by atoms with Crippen LogP contribution in [0.1, 0.15) is 12.5 Å². The SMILES string of the molecule is CCN1CCN(c2ccc(Cl)cc2NC(=O)CSc2nncn2-c2ccc(C)cc2)CC1. The quantitative estimate of drug-likeness (QED) is 0.524. The van der Waals surface area contributed by atoms with Crippen molar-refractivity contribution < 1.29 is 4.79 Å². The monoisotopic (exact) mass is 470 g/mol. The maximum absolute atomic E-state index is 12.8. The number of thioether (sulfide) groups is 1. The van der Waals surface area contributed by atoms with Crippen LogP contribution < -0.4 is 10.2 Å². The van der Waals surface area contributed by atoms with Crippen molar-refractivity contribution in [3.05, 3.63) is 59.4 Å². The standard InChI is InChI=1S/C23H27ClN6OS/c1-3-28-10-12-29(13-11-28)21-9-6-18(24)14-20(21)26-22(31)15-32-23-27-25-16-30(23)19-7-4-17(2)5-8-19/h4-9,14,16H,3,10-13,15H2,1-2H3,(H,26,31). The minimum absolute atomic E-state index is 0.107. The molecule has 2 aromatic carbocycles. The number of amides is 1. The van der Waals surface area contributed by atoms with Crippen LogP contribution in [0.25, 0.3) is 5.69 Å². The summed E-state index contributed by atoms with van der Waals surface area (Å²) in [6, 6.07) is 13.8. The molecule has 0 atom stereocenters. The van der Waals surface area contributed by atoms with Crippen LogP contribution >= 0.6 is 23.4 Å². The van der Waals surface area contributed by atoms with Gasteiger partial charge in [0.1, 0.15) is 6.33 Å². The molecule has 1 aliphatic rings. The Balaban J connectivity index is 1.42. The highest BCUT2D eigenvalue weighted by molar-refractivity contribution is 7.99. The molecule has 1 N–H and O–H groups in total. The average molecular weight is 471 g/mol. The Morgan fingerprint density at radius 2 is 1.88 bits per heavy atom. The van der Waals surface area contributed by atoms with E-state index >= 15 is 0 Å². The summed E-state index contributed by atoms with van der Waals surface area (Å²) in [4.78, 5) is 17.5. The van der Waals surface area contributed by atoms with Crippen LogP contribution in [0.2, 0.25) is 5.02 Å². The van der Waals surface area contributed by atoms with Crippen molar-refractivity contribution in [3.63, 3.8) is 0 Å². The Hall–Kier alpha value is -2.55. The van der Waals surface area contributed by atoms with Gasteiger partial charge in [0, 0.05) is 36.9 Å². The third-order valence-electron chi connectivity index (χ3n) is 5.55. The molecule has 0 radical (unpaired) electrons. The van der Waals surface area contributed by atoms with Gasteiger partial charge in [0.15, 0.2) is 5.16 Å². The Morgan fingerprint density at radius 1 is 1.12 bits per heavy atom. The fourth-order valence-electron chi connectivity index (χ4n) is 3.71. The van der Waals surface area contributed by atoms with Gasteiger partial charge < -0.3 is 15.1 Å². The summed E-state index contributed by atoms with van der Waals surface area (Å²) in [6.45, 7) is 9.15. The van der Waals surface area contributed by atoms with E-state index in [1.54, 1.807) is 6.33 Å². The molecule has 1 saturated heterocycles. The number of likely N-dealkylation sites (N-methyl/N-ethyl adjacent to an activating group) is 1. The second kappa shape index (κ2) is 10.4. The number of nitrogens with zero attached hydrogens (tertiary/aromatic N) is 5. The van der Waals surface area contributed by atoms with Crippen LogP contribution in [0.3, 0.4) is 0 Å². The summed E-state index contributed by atoms with van der Waals surface area (Å²) in [5.41, 5.74) is 3.90. The first-order valence-electron chi connectivity index (χ1n) is 10.7. The summed E-state index contributed by atoms with van der Waals surface area (Å²) in [6.07, 6.45) is 1.66. The van der Waals surface area contributed by atoms with E-state index in [1.165, 1.54) is 17.3 Å². The minimum Gasteiger partial charge on any atom is -0.367 e. The van der Waals surface area contributed by atoms with Crippen molar-refractivity contribution in [1.82, 2.24) is 19.7 Å². The lowest BCUT2D eigenvalue weighted by molar-refractivity contribution is -0.113. The molecule has 1 aromatic heterocycles. The van der Waals surface area contributed by atoms with E-state index in [0.717, 1.165) is 49.8 Å². The van der Waals surface area contributed by atoms with E-state index in [9.17, 15) is 4.79 Å². The first-order chi connectivity index (χ1) is 15.5. The normalized spacial score (nSPS) is 14.5. The molecule has 7 nitrogen and oxygen atoms in total. The number of benzene rings is 2. The van der Waals surface area contributed by atoms with Crippen molar-refractivity contribution in [3.8, 4) is 5.69 Å². The van der Waals surface area contributed by atoms with Crippen molar-refractivity contribution in [1.29, 1.82) is 0 Å². The summed E-state index contributed by atoms with van der Waals surface area (Å²) in [5.74, 6) is 0.115. The number of anilines is 2. The molecule has 1 aliphatic heterocycles. The molecule has 0 unspecified atom stereocenters. The lowest BCUT2D eigenvalue weighted by Crippen LogP contribution is -2.46. The van der Waals surface area contributed by atoms with Gasteiger partial charge in [0.2, 0.25) is 5.91 Å². The molecule has 32 heavy (non-hydrogen) atoms. The first-order valence-corrected chi connectivity index (χ1v) is 12.1. The van der Waals surface area contributed by atoms with Gasteiger partial charge in [-0.05, 0) is 43.8 Å². The fourth-order valence-corrected chi connectivity index (χ4v) is 4.61. The number of hydrogen-bond donors (Lipinski definition) is 1.